The Morgan fingerprint density at radius 3 is 2.25 bits per heavy atom. The Morgan fingerprint density at radius 2 is 1.66 bits per heavy atom. The van der Waals surface area contributed by atoms with E-state index in [0.717, 1.165) is 28.8 Å². The predicted octanol–water partition coefficient (Wildman–Crippen LogP) is 3.90. The van der Waals surface area contributed by atoms with Crippen LogP contribution in [0, 0.1) is 18.8 Å². The normalized spacial score (nSPS) is 20.3. The maximum Gasteiger partial charge on any atom is 0.257 e. The maximum atomic E-state index is 13.8. The van der Waals surface area contributed by atoms with Crippen LogP contribution in [0.4, 0.5) is 0 Å². The molecule has 0 amide bonds. The molecule has 1 fully saturated rings. The molecule has 0 radical (unpaired) electrons. The van der Waals surface area contributed by atoms with E-state index in [-0.39, 0.29) is 29.2 Å². The molecule has 1 aliphatic heterocycles. The summed E-state index contributed by atoms with van der Waals surface area (Å²) in [5, 5.41) is 0. The van der Waals surface area contributed by atoms with Gasteiger partial charge in [0.25, 0.3) is 5.56 Å². The van der Waals surface area contributed by atoms with Crippen molar-refractivity contribution in [3.63, 3.8) is 0 Å². The van der Waals surface area contributed by atoms with Crippen LogP contribution in [0.3, 0.4) is 0 Å². The van der Waals surface area contributed by atoms with Gasteiger partial charge in [-0.25, -0.2) is 4.98 Å². The first-order valence-corrected chi connectivity index (χ1v) is 11.5. The van der Waals surface area contributed by atoms with Gasteiger partial charge in [0.2, 0.25) is 0 Å². The maximum absolute atomic E-state index is 13.8. The Balaban J connectivity index is 1.55. The number of hydrogen-bond donors (Lipinski definition) is 0. The molecule has 2 aliphatic rings. The second kappa shape index (κ2) is 8.83. The van der Waals surface area contributed by atoms with Crippen molar-refractivity contribution in [3.05, 3.63) is 99.2 Å². The van der Waals surface area contributed by atoms with Crippen LogP contribution in [-0.4, -0.2) is 28.5 Å². The topological polar surface area (TPSA) is 61.2 Å². The minimum absolute atomic E-state index is 0.00330. The SMILES string of the molecule is Cc1nc2c(c(=O)n1C(c1ccccc1)c1ccccc1)CCC(C(=O)C1CCOC1)C2. The van der Waals surface area contributed by atoms with Crippen LogP contribution in [0.5, 0.6) is 0 Å². The minimum atomic E-state index is -0.238. The van der Waals surface area contributed by atoms with Crippen molar-refractivity contribution < 1.29 is 9.53 Å². The van der Waals surface area contributed by atoms with E-state index in [1.165, 1.54) is 0 Å². The fraction of sp³-hybridized carbons (Fsp3) is 0.370. The van der Waals surface area contributed by atoms with Crippen molar-refractivity contribution in [2.24, 2.45) is 11.8 Å². The van der Waals surface area contributed by atoms with Gasteiger partial charge in [0.05, 0.1) is 18.3 Å². The second-order valence-corrected chi connectivity index (χ2v) is 8.89. The summed E-state index contributed by atoms with van der Waals surface area (Å²) in [6, 6.07) is 20.0. The Labute approximate surface area is 188 Å². The minimum Gasteiger partial charge on any atom is -0.381 e. The number of aryl methyl sites for hydroxylation is 1. The van der Waals surface area contributed by atoms with Gasteiger partial charge in [-0.15, -0.1) is 0 Å². The summed E-state index contributed by atoms with van der Waals surface area (Å²) >= 11 is 0. The van der Waals surface area contributed by atoms with Gasteiger partial charge in [0, 0.05) is 24.0 Å². The third-order valence-electron chi connectivity index (χ3n) is 6.88. The lowest BCUT2D eigenvalue weighted by Gasteiger charge is -2.28. The third-order valence-corrected chi connectivity index (χ3v) is 6.88. The molecule has 3 aromatic rings. The molecule has 0 N–H and O–H groups in total. The molecule has 1 saturated heterocycles. The molecule has 1 aliphatic carbocycles. The smallest absolute Gasteiger partial charge is 0.257 e. The average Bonchev–Trinajstić information content (AvgIpc) is 3.37. The fourth-order valence-corrected chi connectivity index (χ4v) is 5.21. The summed E-state index contributed by atoms with van der Waals surface area (Å²) in [6.07, 6.45) is 2.68. The highest BCUT2D eigenvalue weighted by atomic mass is 16.5. The van der Waals surface area contributed by atoms with E-state index >= 15 is 0 Å². The van der Waals surface area contributed by atoms with Crippen molar-refractivity contribution in [1.29, 1.82) is 0 Å². The van der Waals surface area contributed by atoms with E-state index in [9.17, 15) is 9.59 Å². The molecule has 2 heterocycles. The molecule has 0 bridgehead atoms. The molecule has 5 nitrogen and oxygen atoms in total. The molecule has 32 heavy (non-hydrogen) atoms. The van der Waals surface area contributed by atoms with E-state index in [0.29, 0.717) is 38.3 Å². The number of aromatic nitrogens is 2. The largest absolute Gasteiger partial charge is 0.381 e. The van der Waals surface area contributed by atoms with Gasteiger partial charge >= 0.3 is 0 Å². The van der Waals surface area contributed by atoms with Crippen molar-refractivity contribution in [2.45, 2.75) is 38.6 Å². The molecule has 0 spiro atoms. The van der Waals surface area contributed by atoms with Crippen LogP contribution >= 0.6 is 0 Å². The first-order valence-electron chi connectivity index (χ1n) is 11.5. The zero-order valence-corrected chi connectivity index (χ0v) is 18.4. The number of Topliss-reactive ketones (excluding diaryl/α,β-unsaturated/α-hetero) is 1. The first-order chi connectivity index (χ1) is 15.6. The summed E-state index contributed by atoms with van der Waals surface area (Å²) in [5.41, 5.74) is 3.68. The lowest BCUT2D eigenvalue weighted by Crippen LogP contribution is -2.37. The number of benzene rings is 2. The van der Waals surface area contributed by atoms with E-state index < -0.39 is 0 Å². The number of ether oxygens (including phenoxy) is 1. The number of carbonyl (C=O) groups excluding carboxylic acids is 1. The lowest BCUT2D eigenvalue weighted by molar-refractivity contribution is -0.127. The molecule has 1 aromatic heterocycles. The highest BCUT2D eigenvalue weighted by Gasteiger charge is 2.34. The Bertz CT molecular complexity index is 1130. The van der Waals surface area contributed by atoms with Crippen molar-refractivity contribution >= 4 is 5.78 Å². The van der Waals surface area contributed by atoms with Gasteiger partial charge in [-0.3, -0.25) is 14.2 Å². The van der Waals surface area contributed by atoms with Crippen molar-refractivity contribution in [3.8, 4) is 0 Å². The van der Waals surface area contributed by atoms with Gasteiger partial charge in [0.1, 0.15) is 11.6 Å². The predicted molar refractivity (Wildman–Crippen MR) is 123 cm³/mol. The zero-order valence-electron chi connectivity index (χ0n) is 18.4. The quantitative estimate of drug-likeness (QED) is 0.618. The molecule has 0 saturated carbocycles. The van der Waals surface area contributed by atoms with E-state index in [1.807, 2.05) is 47.9 Å². The molecule has 5 rings (SSSR count). The van der Waals surface area contributed by atoms with Crippen LogP contribution in [-0.2, 0) is 22.4 Å². The molecule has 5 heteroatoms. The highest BCUT2D eigenvalue weighted by molar-refractivity contribution is 5.84. The van der Waals surface area contributed by atoms with E-state index in [1.54, 1.807) is 0 Å². The summed E-state index contributed by atoms with van der Waals surface area (Å²) in [5.74, 6) is 0.908. The Hall–Kier alpha value is -3.05. The summed E-state index contributed by atoms with van der Waals surface area (Å²) in [6.45, 7) is 3.10. The van der Waals surface area contributed by atoms with Crippen molar-refractivity contribution in [2.75, 3.05) is 13.2 Å². The number of carbonyl (C=O) groups is 1. The van der Waals surface area contributed by atoms with Crippen LogP contribution in [0.15, 0.2) is 65.5 Å². The molecule has 2 aromatic carbocycles. The summed E-state index contributed by atoms with van der Waals surface area (Å²) in [4.78, 5) is 31.6. The van der Waals surface area contributed by atoms with Crippen LogP contribution in [0.25, 0.3) is 0 Å². The van der Waals surface area contributed by atoms with Crippen LogP contribution < -0.4 is 5.56 Å². The van der Waals surface area contributed by atoms with Gasteiger partial charge < -0.3 is 4.74 Å². The molecule has 2 unspecified atom stereocenters. The number of hydrogen-bond acceptors (Lipinski definition) is 4. The van der Waals surface area contributed by atoms with Gasteiger partial charge in [0.15, 0.2) is 0 Å². The molecule has 164 valence electrons. The van der Waals surface area contributed by atoms with Crippen LogP contribution in [0.2, 0.25) is 0 Å². The zero-order chi connectivity index (χ0) is 22.1. The van der Waals surface area contributed by atoms with Gasteiger partial charge in [-0.1, -0.05) is 60.7 Å². The van der Waals surface area contributed by atoms with Crippen molar-refractivity contribution in [1.82, 2.24) is 9.55 Å². The average molecular weight is 429 g/mol. The Kier molecular flexibility index (Phi) is 5.75. The number of ketones is 1. The summed E-state index contributed by atoms with van der Waals surface area (Å²) < 4.78 is 7.24. The van der Waals surface area contributed by atoms with E-state index in [2.05, 4.69) is 24.3 Å². The van der Waals surface area contributed by atoms with Crippen LogP contribution in [0.1, 0.15) is 47.1 Å². The fourth-order valence-electron chi connectivity index (χ4n) is 5.21. The highest BCUT2D eigenvalue weighted by Crippen LogP contribution is 2.30. The number of fused-ring (bicyclic) bond motifs is 1. The standard InChI is InChI=1S/C27H28N2O3/c1-18-28-24-16-21(26(30)22-14-15-32-17-22)12-13-23(24)27(31)29(18)25(19-8-4-2-5-9-19)20-10-6-3-7-11-20/h2-11,21-22,25H,12-17H2,1H3. The Morgan fingerprint density at radius 1 is 1.00 bits per heavy atom. The van der Waals surface area contributed by atoms with Gasteiger partial charge in [-0.05, 0) is 43.7 Å². The number of nitrogens with zero attached hydrogens (tertiary/aromatic N) is 2. The molecule has 2 atom stereocenters. The lowest BCUT2D eigenvalue weighted by atomic mass is 9.80. The number of rotatable bonds is 5. The summed E-state index contributed by atoms with van der Waals surface area (Å²) in [7, 11) is 0. The molecular weight excluding hydrogens is 400 g/mol. The molecular formula is C27H28N2O3. The third kappa shape index (κ3) is 3.82. The first kappa shape index (κ1) is 20.8. The van der Waals surface area contributed by atoms with Gasteiger partial charge in [-0.2, -0.15) is 0 Å². The van der Waals surface area contributed by atoms with E-state index in [4.69, 9.17) is 9.72 Å². The monoisotopic (exact) mass is 428 g/mol. The second-order valence-electron chi connectivity index (χ2n) is 8.89.